The molecule has 0 bridgehead atoms. The van der Waals surface area contributed by atoms with Gasteiger partial charge in [0.25, 0.3) is 5.91 Å². The fraction of sp³-hybridized carbons (Fsp3) is 0.286. The van der Waals surface area contributed by atoms with Gasteiger partial charge in [-0.05, 0) is 30.7 Å². The van der Waals surface area contributed by atoms with Crippen molar-refractivity contribution in [1.29, 1.82) is 0 Å². The molecule has 2 aliphatic rings. The summed E-state index contributed by atoms with van der Waals surface area (Å²) in [5, 5.41) is 8.70. The summed E-state index contributed by atoms with van der Waals surface area (Å²) >= 11 is 1.65. The van der Waals surface area contributed by atoms with Crippen LogP contribution in [0.4, 0.5) is 5.69 Å². The molecule has 142 valence electrons. The number of nitrogens with zero attached hydrogens (tertiary/aromatic N) is 3. The van der Waals surface area contributed by atoms with Crippen molar-refractivity contribution in [3.05, 3.63) is 54.2 Å². The molecule has 0 spiro atoms. The first kappa shape index (κ1) is 17.3. The minimum Gasteiger partial charge on any atom is -0.336 e. The fourth-order valence-corrected chi connectivity index (χ4v) is 4.79. The van der Waals surface area contributed by atoms with Crippen LogP contribution >= 0.6 is 11.8 Å². The lowest BCUT2D eigenvalue weighted by molar-refractivity contribution is -0.115. The predicted octanol–water partition coefficient (Wildman–Crippen LogP) is 3.56. The maximum Gasteiger partial charge on any atom is 0.254 e. The number of thioether (sulfide) groups is 1. The molecule has 1 aromatic heterocycles. The summed E-state index contributed by atoms with van der Waals surface area (Å²) in [6.07, 6.45) is 3.44. The Balaban J connectivity index is 1.34. The molecule has 1 saturated heterocycles. The minimum absolute atomic E-state index is 0.00262. The molecule has 6 nitrogen and oxygen atoms in total. The topological polar surface area (TPSA) is 67.2 Å². The van der Waals surface area contributed by atoms with Crippen molar-refractivity contribution >= 4 is 40.2 Å². The Hall–Kier alpha value is -2.80. The molecule has 2 aromatic carbocycles. The quantitative estimate of drug-likeness (QED) is 0.724. The number of amides is 2. The summed E-state index contributed by atoms with van der Waals surface area (Å²) in [7, 11) is 0. The van der Waals surface area contributed by atoms with E-state index in [-0.39, 0.29) is 17.9 Å². The van der Waals surface area contributed by atoms with Crippen LogP contribution in [0, 0.1) is 0 Å². The standard InChI is InChI=1S/C21H20N4O2S/c26-20-8-10-28-19-6-5-14(11-18(19)22-20)21(27)24-9-7-16(13-24)25-12-15-3-1-2-4-17(15)23-25/h1-6,11-12,16H,7-10,13H2,(H,22,26). The number of aromatic nitrogens is 2. The van der Waals surface area contributed by atoms with E-state index in [0.717, 1.165) is 33.7 Å². The van der Waals surface area contributed by atoms with Crippen molar-refractivity contribution in [1.82, 2.24) is 14.7 Å². The van der Waals surface area contributed by atoms with E-state index in [1.165, 1.54) is 0 Å². The van der Waals surface area contributed by atoms with Crippen LogP contribution in [0.3, 0.4) is 0 Å². The van der Waals surface area contributed by atoms with Gasteiger partial charge < -0.3 is 10.2 Å². The second-order valence-corrected chi connectivity index (χ2v) is 8.36. The van der Waals surface area contributed by atoms with Crippen LogP contribution in [-0.2, 0) is 4.79 Å². The monoisotopic (exact) mass is 392 g/mol. The smallest absolute Gasteiger partial charge is 0.254 e. The van der Waals surface area contributed by atoms with Gasteiger partial charge in [0, 0.05) is 47.3 Å². The van der Waals surface area contributed by atoms with Crippen LogP contribution in [0.1, 0.15) is 29.2 Å². The summed E-state index contributed by atoms with van der Waals surface area (Å²) in [4.78, 5) is 27.8. The first-order valence-electron chi connectivity index (χ1n) is 9.47. The molecule has 0 saturated carbocycles. The fourth-order valence-electron chi connectivity index (χ4n) is 3.85. The largest absolute Gasteiger partial charge is 0.336 e. The first-order valence-corrected chi connectivity index (χ1v) is 10.5. The zero-order valence-corrected chi connectivity index (χ0v) is 16.1. The number of anilines is 1. The van der Waals surface area contributed by atoms with Crippen molar-refractivity contribution in [2.75, 3.05) is 24.2 Å². The highest BCUT2D eigenvalue weighted by molar-refractivity contribution is 7.99. The molecule has 1 atom stereocenters. The molecular weight excluding hydrogens is 372 g/mol. The van der Waals surface area contributed by atoms with Crippen molar-refractivity contribution in [2.24, 2.45) is 0 Å². The molecule has 3 aromatic rings. The number of nitrogens with one attached hydrogen (secondary N) is 1. The van der Waals surface area contributed by atoms with Gasteiger partial charge in [0.05, 0.1) is 17.2 Å². The number of hydrogen-bond donors (Lipinski definition) is 1. The summed E-state index contributed by atoms with van der Waals surface area (Å²) in [5.74, 6) is 0.770. The number of fused-ring (bicyclic) bond motifs is 2. The zero-order chi connectivity index (χ0) is 19.1. The Kier molecular flexibility index (Phi) is 4.31. The van der Waals surface area contributed by atoms with Crippen LogP contribution in [0.15, 0.2) is 53.6 Å². The Morgan fingerprint density at radius 3 is 3.00 bits per heavy atom. The average Bonchev–Trinajstić information content (AvgIpc) is 3.31. The van der Waals surface area contributed by atoms with Crippen LogP contribution in [0.2, 0.25) is 0 Å². The molecule has 2 amide bonds. The third-order valence-corrected chi connectivity index (χ3v) is 6.42. The molecule has 28 heavy (non-hydrogen) atoms. The minimum atomic E-state index is 0.00262. The van der Waals surface area contributed by atoms with Crippen LogP contribution in [0.5, 0.6) is 0 Å². The molecule has 1 unspecified atom stereocenters. The lowest BCUT2D eigenvalue weighted by atomic mass is 10.1. The average molecular weight is 392 g/mol. The summed E-state index contributed by atoms with van der Waals surface area (Å²) in [6.45, 7) is 1.35. The molecule has 1 fully saturated rings. The maximum absolute atomic E-state index is 13.0. The summed E-state index contributed by atoms with van der Waals surface area (Å²) in [6, 6.07) is 13.8. The molecule has 0 radical (unpaired) electrons. The van der Waals surface area contributed by atoms with E-state index in [0.29, 0.717) is 25.1 Å². The second kappa shape index (κ2) is 6.98. The first-order chi connectivity index (χ1) is 13.7. The third-order valence-electron chi connectivity index (χ3n) is 5.34. The predicted molar refractivity (Wildman–Crippen MR) is 110 cm³/mol. The van der Waals surface area contributed by atoms with Crippen LogP contribution in [0.25, 0.3) is 10.9 Å². The molecular formula is C21H20N4O2S. The van der Waals surface area contributed by atoms with E-state index in [2.05, 4.69) is 22.7 Å². The van der Waals surface area contributed by atoms with Gasteiger partial charge in [-0.3, -0.25) is 14.3 Å². The lowest BCUT2D eigenvalue weighted by Crippen LogP contribution is -2.29. The van der Waals surface area contributed by atoms with Gasteiger partial charge in [-0.15, -0.1) is 11.8 Å². The number of benzene rings is 2. The van der Waals surface area contributed by atoms with Gasteiger partial charge in [0.1, 0.15) is 0 Å². The Morgan fingerprint density at radius 1 is 1.21 bits per heavy atom. The summed E-state index contributed by atoms with van der Waals surface area (Å²) < 4.78 is 1.99. The van der Waals surface area contributed by atoms with E-state index < -0.39 is 0 Å². The van der Waals surface area contributed by atoms with Crippen LogP contribution < -0.4 is 5.32 Å². The lowest BCUT2D eigenvalue weighted by Gasteiger charge is -2.18. The Labute approximate surface area is 166 Å². The molecule has 5 rings (SSSR count). The van der Waals surface area contributed by atoms with E-state index in [9.17, 15) is 9.59 Å². The highest BCUT2D eigenvalue weighted by atomic mass is 32.2. The van der Waals surface area contributed by atoms with E-state index >= 15 is 0 Å². The molecule has 0 aliphatic carbocycles. The highest BCUT2D eigenvalue weighted by Gasteiger charge is 2.29. The van der Waals surface area contributed by atoms with E-state index in [4.69, 9.17) is 0 Å². The van der Waals surface area contributed by atoms with Gasteiger partial charge in [-0.25, -0.2) is 0 Å². The second-order valence-electron chi connectivity index (χ2n) is 7.22. The van der Waals surface area contributed by atoms with E-state index in [1.54, 1.807) is 11.8 Å². The zero-order valence-electron chi connectivity index (χ0n) is 15.3. The van der Waals surface area contributed by atoms with Gasteiger partial charge >= 0.3 is 0 Å². The summed E-state index contributed by atoms with van der Waals surface area (Å²) in [5.41, 5.74) is 2.34. The Bertz CT molecular complexity index is 1040. The van der Waals surface area contributed by atoms with Crippen LogP contribution in [-0.4, -0.2) is 45.3 Å². The van der Waals surface area contributed by atoms with Gasteiger partial charge in [0.2, 0.25) is 5.91 Å². The van der Waals surface area contributed by atoms with Gasteiger partial charge in [0.15, 0.2) is 0 Å². The van der Waals surface area contributed by atoms with Gasteiger partial charge in [-0.2, -0.15) is 5.10 Å². The number of rotatable bonds is 2. The number of hydrogen-bond acceptors (Lipinski definition) is 4. The third kappa shape index (κ3) is 3.16. The van der Waals surface area contributed by atoms with Crippen molar-refractivity contribution in [3.63, 3.8) is 0 Å². The van der Waals surface area contributed by atoms with Crippen molar-refractivity contribution < 1.29 is 9.59 Å². The molecule has 3 heterocycles. The molecule has 1 N–H and O–H groups in total. The van der Waals surface area contributed by atoms with Gasteiger partial charge in [-0.1, -0.05) is 18.2 Å². The highest BCUT2D eigenvalue weighted by Crippen LogP contribution is 2.32. The Morgan fingerprint density at radius 2 is 2.11 bits per heavy atom. The normalized spacial score (nSPS) is 19.4. The van der Waals surface area contributed by atoms with Crippen molar-refractivity contribution in [3.8, 4) is 0 Å². The van der Waals surface area contributed by atoms with Crippen molar-refractivity contribution in [2.45, 2.75) is 23.8 Å². The number of carbonyl (C=O) groups excluding carboxylic acids is 2. The number of carbonyl (C=O) groups is 2. The molecule has 2 aliphatic heterocycles. The maximum atomic E-state index is 13.0. The number of likely N-dealkylation sites (tertiary alicyclic amines) is 1. The van der Waals surface area contributed by atoms with E-state index in [1.807, 2.05) is 46.0 Å². The SMILES string of the molecule is O=C1CCSc2ccc(C(=O)N3CCC(n4cc5ccccc5n4)C3)cc2N1. The molecule has 7 heteroatoms.